The highest BCUT2D eigenvalue weighted by molar-refractivity contribution is 5.34. The first-order chi connectivity index (χ1) is 8.59. The molecular formula is C16H25NO. The van der Waals surface area contributed by atoms with Crippen LogP contribution in [0.2, 0.25) is 0 Å². The van der Waals surface area contributed by atoms with Gasteiger partial charge in [0.25, 0.3) is 0 Å². The monoisotopic (exact) mass is 247 g/mol. The van der Waals surface area contributed by atoms with E-state index in [1.807, 2.05) is 0 Å². The Morgan fingerprint density at radius 1 is 1.28 bits per heavy atom. The molecule has 0 aliphatic heterocycles. The maximum absolute atomic E-state index is 6.22. The van der Waals surface area contributed by atoms with Gasteiger partial charge in [0, 0.05) is 17.9 Å². The number of hydrogen-bond acceptors (Lipinski definition) is 2. The third-order valence-corrected chi connectivity index (χ3v) is 4.25. The first-order valence-electron chi connectivity index (χ1n) is 7.07. The quantitative estimate of drug-likeness (QED) is 0.861. The zero-order chi connectivity index (χ0) is 13.2. The van der Waals surface area contributed by atoms with Crippen LogP contribution < -0.4 is 10.1 Å². The molecule has 2 nitrogen and oxygen atoms in total. The summed E-state index contributed by atoms with van der Waals surface area (Å²) in [6.45, 7) is 9.96. The Kier molecular flexibility index (Phi) is 3.96. The van der Waals surface area contributed by atoms with Crippen LogP contribution in [0, 0.1) is 5.41 Å². The minimum absolute atomic E-state index is 0.219. The summed E-state index contributed by atoms with van der Waals surface area (Å²) in [5.41, 5.74) is 1.52. The first kappa shape index (κ1) is 13.4. The van der Waals surface area contributed by atoms with Crippen molar-refractivity contribution >= 4 is 0 Å². The Labute approximate surface area is 111 Å². The third kappa shape index (κ3) is 2.39. The van der Waals surface area contributed by atoms with Gasteiger partial charge in [-0.25, -0.2) is 0 Å². The van der Waals surface area contributed by atoms with Crippen LogP contribution in [0.15, 0.2) is 24.3 Å². The number of nitrogens with one attached hydrogen (secondary N) is 1. The second-order valence-corrected chi connectivity index (χ2v) is 5.74. The number of para-hydroxylation sites is 1. The summed E-state index contributed by atoms with van der Waals surface area (Å²) in [7, 11) is 0. The summed E-state index contributed by atoms with van der Waals surface area (Å²) in [6.07, 6.45) is 2.47. The van der Waals surface area contributed by atoms with Crippen LogP contribution in [0.4, 0.5) is 0 Å². The topological polar surface area (TPSA) is 21.3 Å². The Balaban J connectivity index is 2.03. The van der Waals surface area contributed by atoms with Crippen LogP contribution >= 0.6 is 0 Å². The van der Waals surface area contributed by atoms with Gasteiger partial charge in [0.15, 0.2) is 0 Å². The van der Waals surface area contributed by atoms with E-state index in [0.29, 0.717) is 12.1 Å². The molecule has 2 unspecified atom stereocenters. The zero-order valence-corrected chi connectivity index (χ0v) is 12.0. The fourth-order valence-corrected chi connectivity index (χ4v) is 2.74. The van der Waals surface area contributed by atoms with Crippen LogP contribution in [-0.2, 0) is 6.42 Å². The van der Waals surface area contributed by atoms with Gasteiger partial charge in [-0.05, 0) is 24.6 Å². The molecular weight excluding hydrogens is 222 g/mol. The molecule has 0 heterocycles. The Hall–Kier alpha value is -1.02. The van der Waals surface area contributed by atoms with E-state index in [2.05, 4.69) is 57.3 Å². The summed E-state index contributed by atoms with van der Waals surface area (Å²) in [6, 6.07) is 8.97. The van der Waals surface area contributed by atoms with Gasteiger partial charge in [0.05, 0.1) is 0 Å². The van der Waals surface area contributed by atoms with E-state index in [-0.39, 0.29) is 5.41 Å². The van der Waals surface area contributed by atoms with Crippen molar-refractivity contribution in [1.29, 1.82) is 0 Å². The minimum Gasteiger partial charge on any atom is -0.489 e. The van der Waals surface area contributed by atoms with Crippen molar-refractivity contribution in [3.63, 3.8) is 0 Å². The number of ether oxygens (including phenoxy) is 1. The third-order valence-electron chi connectivity index (χ3n) is 4.25. The van der Waals surface area contributed by atoms with Crippen molar-refractivity contribution in [3.05, 3.63) is 29.8 Å². The van der Waals surface area contributed by atoms with E-state index in [4.69, 9.17) is 4.74 Å². The predicted molar refractivity (Wildman–Crippen MR) is 76.1 cm³/mol. The van der Waals surface area contributed by atoms with E-state index in [1.165, 1.54) is 5.56 Å². The summed E-state index contributed by atoms with van der Waals surface area (Å²) in [5, 5.41) is 3.54. The van der Waals surface area contributed by atoms with Crippen molar-refractivity contribution in [2.75, 3.05) is 6.54 Å². The van der Waals surface area contributed by atoms with Crippen molar-refractivity contribution in [2.24, 2.45) is 5.41 Å². The summed E-state index contributed by atoms with van der Waals surface area (Å²) >= 11 is 0. The molecule has 1 fully saturated rings. The zero-order valence-electron chi connectivity index (χ0n) is 12.0. The van der Waals surface area contributed by atoms with Crippen molar-refractivity contribution in [1.82, 2.24) is 5.32 Å². The molecule has 1 aromatic rings. The average Bonchev–Trinajstić information content (AvgIpc) is 2.38. The molecule has 100 valence electrons. The lowest BCUT2D eigenvalue weighted by Gasteiger charge is -2.51. The predicted octanol–water partition coefficient (Wildman–Crippen LogP) is 3.40. The van der Waals surface area contributed by atoms with E-state index in [9.17, 15) is 0 Å². The molecule has 0 spiro atoms. The second kappa shape index (κ2) is 5.31. The standard InChI is InChI=1S/C16H25NO/c1-5-12-9-7-8-10-13(12)18-15-11-14(17-6-2)16(15,3)4/h7-10,14-15,17H,5-6,11H2,1-4H3. The van der Waals surface area contributed by atoms with Crippen LogP contribution in [0.5, 0.6) is 5.75 Å². The van der Waals surface area contributed by atoms with Crippen molar-refractivity contribution in [2.45, 2.75) is 52.7 Å². The number of hydrogen-bond donors (Lipinski definition) is 1. The highest BCUT2D eigenvalue weighted by Gasteiger charge is 2.49. The average molecular weight is 247 g/mol. The highest BCUT2D eigenvalue weighted by Crippen LogP contribution is 2.43. The van der Waals surface area contributed by atoms with Gasteiger partial charge in [-0.15, -0.1) is 0 Å². The fraction of sp³-hybridized carbons (Fsp3) is 0.625. The maximum atomic E-state index is 6.22. The van der Waals surface area contributed by atoms with Gasteiger partial charge in [-0.2, -0.15) is 0 Å². The lowest BCUT2D eigenvalue weighted by atomic mass is 9.64. The molecule has 1 aromatic carbocycles. The molecule has 0 aromatic heterocycles. The Bertz CT molecular complexity index is 400. The molecule has 2 atom stereocenters. The van der Waals surface area contributed by atoms with Crippen LogP contribution in [0.1, 0.15) is 39.7 Å². The smallest absolute Gasteiger partial charge is 0.122 e. The van der Waals surface area contributed by atoms with E-state index >= 15 is 0 Å². The highest BCUT2D eigenvalue weighted by atomic mass is 16.5. The second-order valence-electron chi connectivity index (χ2n) is 5.74. The largest absolute Gasteiger partial charge is 0.489 e. The van der Waals surface area contributed by atoms with Gasteiger partial charge in [0.1, 0.15) is 11.9 Å². The molecule has 1 aliphatic rings. The Morgan fingerprint density at radius 2 is 2.00 bits per heavy atom. The van der Waals surface area contributed by atoms with Crippen molar-refractivity contribution in [3.8, 4) is 5.75 Å². The first-order valence-corrected chi connectivity index (χ1v) is 7.07. The molecule has 1 saturated carbocycles. The van der Waals surface area contributed by atoms with Gasteiger partial charge >= 0.3 is 0 Å². The Morgan fingerprint density at radius 3 is 2.61 bits per heavy atom. The number of aryl methyl sites for hydroxylation is 1. The molecule has 18 heavy (non-hydrogen) atoms. The van der Waals surface area contributed by atoms with E-state index in [0.717, 1.165) is 25.1 Å². The van der Waals surface area contributed by atoms with E-state index < -0.39 is 0 Å². The van der Waals surface area contributed by atoms with E-state index in [1.54, 1.807) is 0 Å². The van der Waals surface area contributed by atoms with Crippen LogP contribution in [0.25, 0.3) is 0 Å². The van der Waals surface area contributed by atoms with Gasteiger partial charge < -0.3 is 10.1 Å². The lowest BCUT2D eigenvalue weighted by molar-refractivity contribution is -0.0545. The molecule has 2 heteroatoms. The minimum atomic E-state index is 0.219. The molecule has 0 radical (unpaired) electrons. The van der Waals surface area contributed by atoms with Gasteiger partial charge in [-0.1, -0.05) is 45.9 Å². The SMILES string of the molecule is CCNC1CC(Oc2ccccc2CC)C1(C)C. The number of benzene rings is 1. The molecule has 0 bridgehead atoms. The molecule has 0 saturated heterocycles. The summed E-state index contributed by atoms with van der Waals surface area (Å²) in [5.74, 6) is 1.06. The summed E-state index contributed by atoms with van der Waals surface area (Å²) < 4.78 is 6.22. The molecule has 1 N–H and O–H groups in total. The van der Waals surface area contributed by atoms with Crippen LogP contribution in [-0.4, -0.2) is 18.7 Å². The molecule has 1 aliphatic carbocycles. The maximum Gasteiger partial charge on any atom is 0.122 e. The van der Waals surface area contributed by atoms with Gasteiger partial charge in [0.2, 0.25) is 0 Å². The molecule has 0 amide bonds. The van der Waals surface area contributed by atoms with Crippen LogP contribution in [0.3, 0.4) is 0 Å². The van der Waals surface area contributed by atoms with Crippen molar-refractivity contribution < 1.29 is 4.74 Å². The normalized spacial score (nSPS) is 25.6. The number of rotatable bonds is 5. The lowest BCUT2D eigenvalue weighted by Crippen LogP contribution is -2.62. The summed E-state index contributed by atoms with van der Waals surface area (Å²) in [4.78, 5) is 0. The molecule has 2 rings (SSSR count). The van der Waals surface area contributed by atoms with Gasteiger partial charge in [-0.3, -0.25) is 0 Å². The fourth-order valence-electron chi connectivity index (χ4n) is 2.74.